The van der Waals surface area contributed by atoms with Crippen LogP contribution in [0.2, 0.25) is 0 Å². The average Bonchev–Trinajstić information content (AvgIpc) is 3.26. The number of carbonyl (C=O) groups excluding carboxylic acids is 2. The third kappa shape index (κ3) is 4.48. The van der Waals surface area contributed by atoms with Gasteiger partial charge >= 0.3 is 0 Å². The molecule has 0 spiro atoms. The van der Waals surface area contributed by atoms with E-state index in [1.54, 1.807) is 28.1 Å². The first-order chi connectivity index (χ1) is 13.1. The second-order valence-electron chi connectivity index (χ2n) is 6.74. The largest absolute Gasteiger partial charge is 0.459 e. The monoisotopic (exact) mass is 370 g/mol. The van der Waals surface area contributed by atoms with E-state index in [4.69, 9.17) is 4.42 Å². The number of pyridine rings is 1. The molecular formula is C20H26N4O3. The summed E-state index contributed by atoms with van der Waals surface area (Å²) < 4.78 is 5.20. The zero-order chi connectivity index (χ0) is 19.2. The molecule has 3 heterocycles. The number of piperazine rings is 1. The average molecular weight is 370 g/mol. The Labute approximate surface area is 159 Å². The summed E-state index contributed by atoms with van der Waals surface area (Å²) in [5, 5.41) is 0. The Morgan fingerprint density at radius 2 is 2.00 bits per heavy atom. The summed E-state index contributed by atoms with van der Waals surface area (Å²) in [7, 11) is 1.81. The van der Waals surface area contributed by atoms with Gasteiger partial charge in [-0.25, -0.2) is 0 Å². The molecule has 1 saturated heterocycles. The van der Waals surface area contributed by atoms with Crippen LogP contribution in [0.1, 0.15) is 40.8 Å². The van der Waals surface area contributed by atoms with Gasteiger partial charge in [0.15, 0.2) is 5.76 Å². The number of carbonyl (C=O) groups is 2. The molecule has 0 aromatic carbocycles. The number of hydrogen-bond acceptors (Lipinski definition) is 5. The molecule has 144 valence electrons. The van der Waals surface area contributed by atoms with E-state index < -0.39 is 0 Å². The predicted octanol–water partition coefficient (Wildman–Crippen LogP) is 2.51. The molecule has 0 atom stereocenters. The number of unbranched alkanes of at least 4 members (excludes halogenated alkanes) is 1. The van der Waals surface area contributed by atoms with Gasteiger partial charge in [-0.15, -0.1) is 0 Å². The minimum atomic E-state index is -0.0807. The smallest absolute Gasteiger partial charge is 0.289 e. The molecule has 1 fully saturated rings. The Balaban J connectivity index is 1.61. The van der Waals surface area contributed by atoms with Gasteiger partial charge in [0.25, 0.3) is 11.8 Å². The van der Waals surface area contributed by atoms with Crippen LogP contribution in [0.5, 0.6) is 0 Å². The van der Waals surface area contributed by atoms with Crippen molar-refractivity contribution in [2.45, 2.75) is 19.8 Å². The predicted molar refractivity (Wildman–Crippen MR) is 103 cm³/mol. The maximum absolute atomic E-state index is 12.5. The summed E-state index contributed by atoms with van der Waals surface area (Å²) in [6.07, 6.45) is 5.22. The fourth-order valence-electron chi connectivity index (χ4n) is 3.15. The van der Waals surface area contributed by atoms with Crippen molar-refractivity contribution in [3.63, 3.8) is 0 Å². The van der Waals surface area contributed by atoms with Crippen LogP contribution in [0.4, 0.5) is 5.69 Å². The van der Waals surface area contributed by atoms with Gasteiger partial charge in [0.05, 0.1) is 6.26 Å². The summed E-state index contributed by atoms with van der Waals surface area (Å²) in [5.41, 5.74) is 1.42. The lowest BCUT2D eigenvalue weighted by Gasteiger charge is -2.35. The molecule has 7 heteroatoms. The normalized spacial score (nSPS) is 14.3. The molecule has 0 unspecified atom stereocenters. The molecule has 0 aliphatic carbocycles. The van der Waals surface area contributed by atoms with Gasteiger partial charge in [0.1, 0.15) is 5.69 Å². The van der Waals surface area contributed by atoms with Crippen molar-refractivity contribution >= 4 is 17.5 Å². The van der Waals surface area contributed by atoms with E-state index in [1.165, 1.54) is 6.26 Å². The Morgan fingerprint density at radius 3 is 2.67 bits per heavy atom. The van der Waals surface area contributed by atoms with Crippen molar-refractivity contribution < 1.29 is 14.0 Å². The third-order valence-electron chi connectivity index (χ3n) is 4.82. The molecular weight excluding hydrogens is 344 g/mol. The van der Waals surface area contributed by atoms with Gasteiger partial charge in [0.2, 0.25) is 0 Å². The highest BCUT2D eigenvalue weighted by atomic mass is 16.3. The maximum Gasteiger partial charge on any atom is 0.289 e. The van der Waals surface area contributed by atoms with E-state index >= 15 is 0 Å². The molecule has 0 N–H and O–H groups in total. The van der Waals surface area contributed by atoms with Gasteiger partial charge in [-0.05, 0) is 30.7 Å². The van der Waals surface area contributed by atoms with E-state index in [0.717, 1.165) is 25.1 Å². The highest BCUT2D eigenvalue weighted by Crippen LogP contribution is 2.19. The number of nitrogens with zero attached hydrogens (tertiary/aromatic N) is 4. The van der Waals surface area contributed by atoms with Gasteiger partial charge in [0, 0.05) is 51.7 Å². The second-order valence-corrected chi connectivity index (χ2v) is 6.74. The highest BCUT2D eigenvalue weighted by molar-refractivity contribution is 5.93. The molecule has 2 aromatic heterocycles. The van der Waals surface area contributed by atoms with E-state index in [9.17, 15) is 9.59 Å². The molecule has 0 saturated carbocycles. The minimum absolute atomic E-state index is 0.0584. The summed E-state index contributed by atoms with van der Waals surface area (Å²) >= 11 is 0. The number of furan rings is 1. The van der Waals surface area contributed by atoms with Gasteiger partial charge < -0.3 is 19.1 Å². The number of anilines is 1. The molecule has 1 aliphatic rings. The summed E-state index contributed by atoms with van der Waals surface area (Å²) in [4.78, 5) is 34.8. The molecule has 1 aliphatic heterocycles. The van der Waals surface area contributed by atoms with E-state index in [0.29, 0.717) is 37.6 Å². The standard InChI is InChI=1S/C20H26N4O3/c1-3-4-9-22(2)19(25)17-15-16(7-8-21-17)23-10-12-24(13-11-23)20(26)18-6-5-14-27-18/h5-8,14-15H,3-4,9-13H2,1-2H3. The van der Waals surface area contributed by atoms with Crippen molar-refractivity contribution in [1.82, 2.24) is 14.8 Å². The fraction of sp³-hybridized carbons (Fsp3) is 0.450. The minimum Gasteiger partial charge on any atom is -0.459 e. The van der Waals surface area contributed by atoms with Crippen LogP contribution in [0.3, 0.4) is 0 Å². The second kappa shape index (κ2) is 8.70. The maximum atomic E-state index is 12.5. The lowest BCUT2D eigenvalue weighted by molar-refractivity contribution is 0.0714. The SMILES string of the molecule is CCCCN(C)C(=O)c1cc(N2CCN(C(=O)c3ccco3)CC2)ccn1. The van der Waals surface area contributed by atoms with Crippen LogP contribution >= 0.6 is 0 Å². The summed E-state index contributed by atoms with van der Waals surface area (Å²) in [6.45, 7) is 5.47. The van der Waals surface area contributed by atoms with E-state index in [-0.39, 0.29) is 11.8 Å². The number of aromatic nitrogens is 1. The lowest BCUT2D eigenvalue weighted by atomic mass is 10.2. The van der Waals surface area contributed by atoms with Crippen LogP contribution < -0.4 is 4.90 Å². The summed E-state index contributed by atoms with van der Waals surface area (Å²) in [5.74, 6) is 0.232. The first-order valence-electron chi connectivity index (χ1n) is 9.39. The Bertz CT molecular complexity index is 767. The van der Waals surface area contributed by atoms with E-state index in [2.05, 4.69) is 16.8 Å². The van der Waals surface area contributed by atoms with Crippen LogP contribution in [0.25, 0.3) is 0 Å². The zero-order valence-corrected chi connectivity index (χ0v) is 15.9. The number of rotatable bonds is 6. The number of amides is 2. The molecule has 7 nitrogen and oxygen atoms in total. The van der Waals surface area contributed by atoms with Crippen molar-refractivity contribution in [3.05, 3.63) is 48.2 Å². The molecule has 27 heavy (non-hydrogen) atoms. The quantitative estimate of drug-likeness (QED) is 0.781. The Morgan fingerprint density at radius 1 is 1.22 bits per heavy atom. The first-order valence-corrected chi connectivity index (χ1v) is 9.39. The molecule has 0 bridgehead atoms. The van der Waals surface area contributed by atoms with E-state index in [1.807, 2.05) is 19.2 Å². The van der Waals surface area contributed by atoms with Crippen LogP contribution in [0, 0.1) is 0 Å². The van der Waals surface area contributed by atoms with Crippen molar-refractivity contribution in [2.24, 2.45) is 0 Å². The van der Waals surface area contributed by atoms with Crippen molar-refractivity contribution in [1.29, 1.82) is 0 Å². The van der Waals surface area contributed by atoms with Crippen LogP contribution in [0.15, 0.2) is 41.1 Å². The zero-order valence-electron chi connectivity index (χ0n) is 15.9. The molecule has 3 rings (SSSR count). The van der Waals surface area contributed by atoms with Gasteiger partial charge in [-0.1, -0.05) is 13.3 Å². The molecule has 2 amide bonds. The topological polar surface area (TPSA) is 69.9 Å². The van der Waals surface area contributed by atoms with Crippen LogP contribution in [-0.2, 0) is 0 Å². The van der Waals surface area contributed by atoms with Crippen molar-refractivity contribution in [3.8, 4) is 0 Å². The molecule has 0 radical (unpaired) electrons. The third-order valence-corrected chi connectivity index (χ3v) is 4.82. The van der Waals surface area contributed by atoms with Crippen molar-refractivity contribution in [2.75, 3.05) is 44.7 Å². The Hall–Kier alpha value is -2.83. The first kappa shape index (κ1) is 18.9. The highest BCUT2D eigenvalue weighted by Gasteiger charge is 2.24. The van der Waals surface area contributed by atoms with Crippen LogP contribution in [-0.4, -0.2) is 66.4 Å². The van der Waals surface area contributed by atoms with Gasteiger partial charge in [-0.2, -0.15) is 0 Å². The lowest BCUT2D eigenvalue weighted by Crippen LogP contribution is -2.48. The number of hydrogen-bond donors (Lipinski definition) is 0. The fourth-order valence-corrected chi connectivity index (χ4v) is 3.15. The summed E-state index contributed by atoms with van der Waals surface area (Å²) in [6, 6.07) is 7.16. The van der Waals surface area contributed by atoms with Gasteiger partial charge in [-0.3, -0.25) is 14.6 Å². The molecule has 2 aromatic rings. The Kier molecular flexibility index (Phi) is 6.11.